The molecule has 3 saturated heterocycles. The van der Waals surface area contributed by atoms with Gasteiger partial charge in [0.25, 0.3) is 0 Å². The van der Waals surface area contributed by atoms with Crippen LogP contribution < -0.4 is 10.2 Å². The number of nitrogens with zero attached hydrogens (tertiary/aromatic N) is 3. The molecule has 1 aromatic carbocycles. The van der Waals surface area contributed by atoms with E-state index < -0.39 is 0 Å². The van der Waals surface area contributed by atoms with Crippen LogP contribution in [0.15, 0.2) is 24.4 Å². The second-order valence-electron chi connectivity index (χ2n) is 11.0. The van der Waals surface area contributed by atoms with Crippen molar-refractivity contribution in [3.63, 3.8) is 0 Å². The van der Waals surface area contributed by atoms with E-state index in [9.17, 15) is 4.79 Å². The van der Waals surface area contributed by atoms with Gasteiger partial charge in [0.15, 0.2) is 0 Å². The van der Waals surface area contributed by atoms with Crippen molar-refractivity contribution in [3.05, 3.63) is 29.4 Å². The normalized spacial score (nSPS) is 30.1. The van der Waals surface area contributed by atoms with E-state index in [0.29, 0.717) is 19.0 Å². The Hall–Kier alpha value is -1.97. The van der Waals surface area contributed by atoms with Gasteiger partial charge in [-0.3, -0.25) is 9.69 Å². The number of anilines is 2. The fourth-order valence-corrected chi connectivity index (χ4v) is 6.74. The van der Waals surface area contributed by atoms with Gasteiger partial charge in [0, 0.05) is 64.0 Å². The van der Waals surface area contributed by atoms with E-state index in [1.54, 1.807) is 13.3 Å². The van der Waals surface area contributed by atoms with E-state index in [1.165, 1.54) is 0 Å². The van der Waals surface area contributed by atoms with Crippen LogP contribution in [0.3, 0.4) is 0 Å². The van der Waals surface area contributed by atoms with E-state index in [1.807, 2.05) is 12.1 Å². The molecule has 1 aliphatic carbocycles. The Balaban J connectivity index is 1.15. The number of rotatable bonds is 5. The van der Waals surface area contributed by atoms with Gasteiger partial charge in [0.1, 0.15) is 11.9 Å². The number of pyridine rings is 1. The first kappa shape index (κ1) is 24.4. The molecule has 3 atom stereocenters. The van der Waals surface area contributed by atoms with Crippen LogP contribution in [0.4, 0.5) is 11.5 Å². The summed E-state index contributed by atoms with van der Waals surface area (Å²) < 4.78 is 16.9. The third-order valence-corrected chi connectivity index (χ3v) is 9.32. The molecule has 2 aromatic rings. The summed E-state index contributed by atoms with van der Waals surface area (Å²) >= 11 is 6.73. The van der Waals surface area contributed by atoms with Crippen LogP contribution in [-0.2, 0) is 19.0 Å². The lowest BCUT2D eigenvalue weighted by atomic mass is 9.93. The standard InChI is InChI=1S/C27H35ClN4O4/c1-26(17-36-16-23(26)34-2)32-7-5-31(6-8-32)22-12-18-13-24(29-15-19(18)11-21(22)28)30-25(33)20-14-27(20)3-9-35-10-4-27/h11-13,15,20,23H,3-10,14,16-17H2,1-2H3,(H,29,30,33)/t20-,23-,26-/m1/s1. The average molecular weight is 515 g/mol. The van der Waals surface area contributed by atoms with Gasteiger partial charge in [0.05, 0.1) is 29.5 Å². The molecule has 0 bridgehead atoms. The molecule has 8 nitrogen and oxygen atoms in total. The molecule has 1 saturated carbocycles. The molecular weight excluding hydrogens is 480 g/mol. The number of aromatic nitrogens is 1. The number of benzene rings is 1. The van der Waals surface area contributed by atoms with Crippen LogP contribution in [0, 0.1) is 11.3 Å². The number of amides is 1. The van der Waals surface area contributed by atoms with Crippen LogP contribution >= 0.6 is 11.6 Å². The molecule has 0 unspecified atom stereocenters. The van der Waals surface area contributed by atoms with Gasteiger partial charge in [-0.2, -0.15) is 0 Å². The molecule has 0 radical (unpaired) electrons. The average Bonchev–Trinajstić information content (AvgIpc) is 3.44. The fraction of sp³-hybridized carbons (Fsp3) is 0.630. The van der Waals surface area contributed by atoms with E-state index >= 15 is 0 Å². The summed E-state index contributed by atoms with van der Waals surface area (Å²) in [7, 11) is 1.77. The summed E-state index contributed by atoms with van der Waals surface area (Å²) in [5.74, 6) is 0.744. The van der Waals surface area contributed by atoms with Crippen molar-refractivity contribution in [2.75, 3.05) is 69.9 Å². The van der Waals surface area contributed by atoms with Crippen LogP contribution in [0.2, 0.25) is 5.02 Å². The monoisotopic (exact) mass is 514 g/mol. The minimum atomic E-state index is -0.0996. The molecule has 1 spiro atoms. The lowest BCUT2D eigenvalue weighted by molar-refractivity contribution is -0.118. The number of methoxy groups -OCH3 is 1. The van der Waals surface area contributed by atoms with Gasteiger partial charge in [-0.05, 0) is 55.2 Å². The highest BCUT2D eigenvalue weighted by Gasteiger charge is 2.58. The highest BCUT2D eigenvalue weighted by Crippen LogP contribution is 2.59. The zero-order chi connectivity index (χ0) is 24.9. The number of hydrogen-bond donors (Lipinski definition) is 1. The summed E-state index contributed by atoms with van der Waals surface area (Å²) in [6.45, 7) is 8.68. The fourth-order valence-electron chi connectivity index (χ4n) is 6.45. The first-order valence-corrected chi connectivity index (χ1v) is 13.4. The smallest absolute Gasteiger partial charge is 0.229 e. The Kier molecular flexibility index (Phi) is 6.37. The van der Waals surface area contributed by atoms with Crippen molar-refractivity contribution in [2.24, 2.45) is 11.3 Å². The van der Waals surface area contributed by atoms with Crippen LogP contribution in [0.5, 0.6) is 0 Å². The van der Waals surface area contributed by atoms with Crippen molar-refractivity contribution in [1.82, 2.24) is 9.88 Å². The quantitative estimate of drug-likeness (QED) is 0.653. The van der Waals surface area contributed by atoms with Crippen LogP contribution in [-0.4, -0.2) is 87.2 Å². The predicted molar refractivity (Wildman–Crippen MR) is 140 cm³/mol. The van der Waals surface area contributed by atoms with Crippen LogP contribution in [0.1, 0.15) is 26.2 Å². The summed E-state index contributed by atoms with van der Waals surface area (Å²) in [5.41, 5.74) is 1.07. The highest BCUT2D eigenvalue weighted by molar-refractivity contribution is 6.34. The second-order valence-corrected chi connectivity index (χ2v) is 11.4. The zero-order valence-corrected chi connectivity index (χ0v) is 21.9. The van der Waals surface area contributed by atoms with Gasteiger partial charge in [-0.1, -0.05) is 11.6 Å². The number of hydrogen-bond acceptors (Lipinski definition) is 7. The minimum Gasteiger partial charge on any atom is -0.381 e. The maximum atomic E-state index is 12.9. The van der Waals surface area contributed by atoms with E-state index in [-0.39, 0.29) is 28.9 Å². The molecule has 3 aliphatic heterocycles. The molecule has 1 N–H and O–H groups in total. The Bertz CT molecular complexity index is 1150. The van der Waals surface area contributed by atoms with E-state index in [2.05, 4.69) is 33.1 Å². The van der Waals surface area contributed by atoms with Gasteiger partial charge >= 0.3 is 0 Å². The van der Waals surface area contributed by atoms with Crippen molar-refractivity contribution < 1.29 is 19.0 Å². The van der Waals surface area contributed by atoms with Crippen molar-refractivity contribution >= 4 is 39.8 Å². The molecule has 6 rings (SSSR count). The summed E-state index contributed by atoms with van der Waals surface area (Å²) in [6, 6.07) is 6.06. The largest absolute Gasteiger partial charge is 0.381 e. The lowest BCUT2D eigenvalue weighted by Gasteiger charge is -2.46. The summed E-state index contributed by atoms with van der Waals surface area (Å²) in [4.78, 5) is 22.2. The Labute approximate surface area is 217 Å². The van der Waals surface area contributed by atoms with Crippen LogP contribution in [0.25, 0.3) is 10.8 Å². The van der Waals surface area contributed by atoms with Crippen molar-refractivity contribution in [1.29, 1.82) is 0 Å². The SMILES string of the molecule is CO[C@@H]1COC[C@@]1(C)N1CCN(c2cc3cc(NC(=O)[C@H]4CC45CCOCC5)ncc3cc2Cl)CC1. The maximum absolute atomic E-state index is 12.9. The van der Waals surface area contributed by atoms with Gasteiger partial charge in [-0.15, -0.1) is 0 Å². The lowest BCUT2D eigenvalue weighted by Crippen LogP contribution is -2.61. The molecule has 4 fully saturated rings. The number of carbonyl (C=O) groups is 1. The topological polar surface area (TPSA) is 76.2 Å². The van der Waals surface area contributed by atoms with E-state index in [4.69, 9.17) is 25.8 Å². The third-order valence-electron chi connectivity index (χ3n) is 9.02. The number of halogens is 1. The maximum Gasteiger partial charge on any atom is 0.229 e. The molecule has 36 heavy (non-hydrogen) atoms. The number of piperazine rings is 1. The van der Waals surface area contributed by atoms with Gasteiger partial charge in [0.2, 0.25) is 5.91 Å². The first-order valence-electron chi connectivity index (χ1n) is 13.0. The zero-order valence-electron chi connectivity index (χ0n) is 21.1. The number of nitrogens with one attached hydrogen (secondary N) is 1. The van der Waals surface area contributed by atoms with Gasteiger partial charge < -0.3 is 24.4 Å². The molecule has 194 valence electrons. The Morgan fingerprint density at radius 3 is 2.67 bits per heavy atom. The second kappa shape index (κ2) is 9.40. The number of carbonyl (C=O) groups excluding carboxylic acids is 1. The highest BCUT2D eigenvalue weighted by atomic mass is 35.5. The number of fused-ring (bicyclic) bond motifs is 1. The third kappa shape index (κ3) is 4.27. The molecule has 1 amide bonds. The predicted octanol–water partition coefficient (Wildman–Crippen LogP) is 3.57. The summed E-state index contributed by atoms with van der Waals surface area (Å²) in [6.07, 6.45) is 4.79. The first-order chi connectivity index (χ1) is 17.4. The molecule has 1 aromatic heterocycles. The van der Waals surface area contributed by atoms with E-state index in [0.717, 1.165) is 80.1 Å². The Morgan fingerprint density at radius 2 is 1.92 bits per heavy atom. The molecular formula is C27H35ClN4O4. The number of ether oxygens (including phenoxy) is 3. The molecule has 4 heterocycles. The van der Waals surface area contributed by atoms with Crippen molar-refractivity contribution in [2.45, 2.75) is 37.8 Å². The van der Waals surface area contributed by atoms with Crippen molar-refractivity contribution in [3.8, 4) is 0 Å². The molecule has 9 heteroatoms. The van der Waals surface area contributed by atoms with Gasteiger partial charge in [-0.25, -0.2) is 4.98 Å². The minimum absolute atomic E-state index is 0.0702. The molecule has 4 aliphatic rings. The summed E-state index contributed by atoms with van der Waals surface area (Å²) in [5, 5.41) is 5.77. The Morgan fingerprint density at radius 1 is 1.14 bits per heavy atom.